The second kappa shape index (κ2) is 6.55. The summed E-state index contributed by atoms with van der Waals surface area (Å²) >= 11 is 0. The average Bonchev–Trinajstić information content (AvgIpc) is 2.39. The van der Waals surface area contributed by atoms with E-state index in [0.717, 1.165) is 24.8 Å². The van der Waals surface area contributed by atoms with Crippen LogP contribution in [0.25, 0.3) is 6.08 Å². The minimum absolute atomic E-state index is 0.00972. The highest BCUT2D eigenvalue weighted by Gasteiger charge is 2.33. The van der Waals surface area contributed by atoms with Crippen LogP contribution in [-0.2, 0) is 9.84 Å². The molecule has 0 heterocycles. The van der Waals surface area contributed by atoms with Crippen molar-refractivity contribution in [1.82, 2.24) is 0 Å². The van der Waals surface area contributed by atoms with Crippen LogP contribution in [0.5, 0.6) is 0 Å². The van der Waals surface area contributed by atoms with Crippen LogP contribution in [0.15, 0.2) is 36.4 Å². The van der Waals surface area contributed by atoms with Crippen molar-refractivity contribution in [2.45, 2.75) is 37.7 Å². The summed E-state index contributed by atoms with van der Waals surface area (Å²) in [7, 11) is -3.25. The first-order valence-corrected chi connectivity index (χ1v) is 8.96. The molecule has 1 saturated carbocycles. The lowest BCUT2D eigenvalue weighted by Crippen LogP contribution is -2.39. The van der Waals surface area contributed by atoms with Crippen LogP contribution in [0.2, 0.25) is 0 Å². The summed E-state index contributed by atoms with van der Waals surface area (Å²) in [4.78, 5) is 0. The Morgan fingerprint density at radius 2 is 1.75 bits per heavy atom. The Bertz CT molecular complexity index is 540. The zero-order valence-electron chi connectivity index (χ0n) is 11.7. The van der Waals surface area contributed by atoms with Crippen molar-refractivity contribution in [1.29, 1.82) is 0 Å². The molecule has 2 rings (SSSR count). The van der Waals surface area contributed by atoms with E-state index in [1.54, 1.807) is 6.08 Å². The van der Waals surface area contributed by atoms with Crippen LogP contribution in [0.1, 0.15) is 37.7 Å². The van der Waals surface area contributed by atoms with Gasteiger partial charge < -0.3 is 5.11 Å². The monoisotopic (exact) mass is 294 g/mol. The van der Waals surface area contributed by atoms with Crippen molar-refractivity contribution >= 4 is 15.9 Å². The second-order valence-electron chi connectivity index (χ2n) is 5.65. The zero-order chi connectivity index (χ0) is 14.5. The molecule has 0 amide bonds. The largest absolute Gasteiger partial charge is 0.389 e. The minimum atomic E-state index is -3.25. The summed E-state index contributed by atoms with van der Waals surface area (Å²) in [6.07, 6.45) is 7.62. The molecule has 0 aliphatic heterocycles. The van der Waals surface area contributed by atoms with Crippen LogP contribution in [0.3, 0.4) is 0 Å². The summed E-state index contributed by atoms with van der Waals surface area (Å²) in [6.45, 7) is 0. The van der Waals surface area contributed by atoms with E-state index in [2.05, 4.69) is 0 Å². The second-order valence-corrected chi connectivity index (χ2v) is 7.76. The summed E-state index contributed by atoms with van der Waals surface area (Å²) in [5.74, 6) is -0.122. The highest BCUT2D eigenvalue weighted by Crippen LogP contribution is 2.29. The molecule has 0 spiro atoms. The maximum atomic E-state index is 12.1. The molecule has 20 heavy (non-hydrogen) atoms. The van der Waals surface area contributed by atoms with Gasteiger partial charge in [0.1, 0.15) is 0 Å². The van der Waals surface area contributed by atoms with Gasteiger partial charge in [0.15, 0.2) is 9.84 Å². The Morgan fingerprint density at radius 3 is 2.40 bits per heavy atom. The molecule has 3 nitrogen and oxygen atoms in total. The predicted octanol–water partition coefficient (Wildman–Crippen LogP) is 2.81. The van der Waals surface area contributed by atoms with Crippen LogP contribution in [0.4, 0.5) is 0 Å². The van der Waals surface area contributed by atoms with Crippen molar-refractivity contribution in [3.63, 3.8) is 0 Å². The molecule has 1 aliphatic carbocycles. The van der Waals surface area contributed by atoms with Crippen LogP contribution in [0, 0.1) is 0 Å². The molecule has 0 saturated heterocycles. The number of rotatable bonds is 5. The third-order valence-corrected chi connectivity index (χ3v) is 5.41. The average molecular weight is 294 g/mol. The van der Waals surface area contributed by atoms with Crippen molar-refractivity contribution < 1.29 is 13.5 Å². The first kappa shape index (κ1) is 15.3. The summed E-state index contributed by atoms with van der Waals surface area (Å²) in [5, 5.41) is 10.3. The Kier molecular flexibility index (Phi) is 5.00. The van der Waals surface area contributed by atoms with Crippen LogP contribution in [-0.4, -0.2) is 30.6 Å². The lowest BCUT2D eigenvalue weighted by atomic mass is 9.86. The third-order valence-electron chi connectivity index (χ3n) is 3.73. The summed E-state index contributed by atoms with van der Waals surface area (Å²) in [5.41, 5.74) is -0.0171. The molecule has 1 aromatic carbocycles. The summed E-state index contributed by atoms with van der Waals surface area (Å²) in [6, 6.07) is 9.61. The van der Waals surface area contributed by atoms with Gasteiger partial charge in [-0.3, -0.25) is 0 Å². The molecule has 1 aliphatic rings. The fraction of sp³-hybridized carbons (Fsp3) is 0.500. The SMILES string of the molecule is O=S(=O)(CC=Cc1ccccc1)CC1(O)CCCCC1. The Balaban J connectivity index is 1.92. The van der Waals surface area contributed by atoms with Crippen LogP contribution >= 0.6 is 0 Å². The first-order valence-electron chi connectivity index (χ1n) is 7.14. The van der Waals surface area contributed by atoms with Gasteiger partial charge in [0.2, 0.25) is 0 Å². The van der Waals surface area contributed by atoms with Crippen molar-refractivity contribution in [2.75, 3.05) is 11.5 Å². The van der Waals surface area contributed by atoms with E-state index in [9.17, 15) is 13.5 Å². The standard InChI is InChI=1S/C16H22O3S/c17-16(11-5-2-6-12-16)14-20(18,19)13-7-10-15-8-3-1-4-9-15/h1,3-4,7-10,17H,2,5-6,11-14H2. The van der Waals surface area contributed by atoms with Gasteiger partial charge in [-0.25, -0.2) is 8.42 Å². The van der Waals surface area contributed by atoms with Crippen molar-refractivity contribution in [3.05, 3.63) is 42.0 Å². The van der Waals surface area contributed by atoms with Gasteiger partial charge in [-0.2, -0.15) is 0 Å². The number of hydrogen-bond donors (Lipinski definition) is 1. The molecule has 1 aromatic rings. The quantitative estimate of drug-likeness (QED) is 0.908. The van der Waals surface area contributed by atoms with Gasteiger partial charge >= 0.3 is 0 Å². The van der Waals surface area contributed by atoms with Crippen LogP contribution < -0.4 is 0 Å². The number of benzene rings is 1. The van der Waals surface area contributed by atoms with E-state index in [-0.39, 0.29) is 11.5 Å². The first-order chi connectivity index (χ1) is 9.49. The maximum absolute atomic E-state index is 12.1. The van der Waals surface area contributed by atoms with E-state index < -0.39 is 15.4 Å². The van der Waals surface area contributed by atoms with Gasteiger partial charge in [0.05, 0.1) is 17.1 Å². The van der Waals surface area contributed by atoms with E-state index in [1.165, 1.54) is 0 Å². The summed E-state index contributed by atoms with van der Waals surface area (Å²) < 4.78 is 24.2. The molecule has 1 fully saturated rings. The van der Waals surface area contributed by atoms with Gasteiger partial charge in [-0.15, -0.1) is 0 Å². The molecular weight excluding hydrogens is 272 g/mol. The molecule has 1 N–H and O–H groups in total. The van der Waals surface area contributed by atoms with Gasteiger partial charge in [0, 0.05) is 0 Å². The highest BCUT2D eigenvalue weighted by atomic mass is 32.2. The van der Waals surface area contributed by atoms with E-state index in [0.29, 0.717) is 12.8 Å². The molecule has 0 unspecified atom stereocenters. The van der Waals surface area contributed by atoms with E-state index in [4.69, 9.17) is 0 Å². The van der Waals surface area contributed by atoms with E-state index in [1.807, 2.05) is 36.4 Å². The number of aliphatic hydroxyl groups is 1. The normalized spacial score (nSPS) is 19.2. The maximum Gasteiger partial charge on any atom is 0.156 e. The molecule has 0 atom stereocenters. The highest BCUT2D eigenvalue weighted by molar-refractivity contribution is 7.91. The molecule has 0 radical (unpaired) electrons. The topological polar surface area (TPSA) is 54.4 Å². The third kappa shape index (κ3) is 4.76. The van der Waals surface area contributed by atoms with Crippen molar-refractivity contribution in [3.8, 4) is 0 Å². The van der Waals surface area contributed by atoms with Gasteiger partial charge in [0.25, 0.3) is 0 Å². The lowest BCUT2D eigenvalue weighted by molar-refractivity contribution is 0.0258. The molecule has 0 bridgehead atoms. The Labute approximate surface area is 121 Å². The fourth-order valence-corrected chi connectivity index (χ4v) is 4.33. The van der Waals surface area contributed by atoms with Gasteiger partial charge in [-0.1, -0.05) is 61.7 Å². The fourth-order valence-electron chi connectivity index (χ4n) is 2.72. The molecule has 4 heteroatoms. The Morgan fingerprint density at radius 1 is 1.10 bits per heavy atom. The lowest BCUT2D eigenvalue weighted by Gasteiger charge is -2.31. The smallest absolute Gasteiger partial charge is 0.156 e. The molecular formula is C16H22O3S. The minimum Gasteiger partial charge on any atom is -0.389 e. The van der Waals surface area contributed by atoms with Crippen molar-refractivity contribution in [2.24, 2.45) is 0 Å². The number of sulfone groups is 1. The zero-order valence-corrected chi connectivity index (χ0v) is 12.5. The molecule has 0 aromatic heterocycles. The van der Waals surface area contributed by atoms with E-state index >= 15 is 0 Å². The molecule has 110 valence electrons. The van der Waals surface area contributed by atoms with Gasteiger partial charge in [-0.05, 0) is 18.4 Å². The predicted molar refractivity (Wildman–Crippen MR) is 82.2 cm³/mol. The Hall–Kier alpha value is -1.13. The number of hydrogen-bond acceptors (Lipinski definition) is 3.